The molecule has 160 valence electrons. The quantitative estimate of drug-likeness (QED) is 0.566. The van der Waals surface area contributed by atoms with Gasteiger partial charge in [-0.1, -0.05) is 58.0 Å². The first kappa shape index (κ1) is 22.3. The van der Waals surface area contributed by atoms with E-state index in [-0.39, 0.29) is 17.6 Å². The molecule has 0 atom stereocenters. The van der Waals surface area contributed by atoms with E-state index in [0.29, 0.717) is 13.0 Å². The van der Waals surface area contributed by atoms with Gasteiger partial charge in [-0.05, 0) is 58.5 Å². The maximum absolute atomic E-state index is 12.7. The van der Waals surface area contributed by atoms with E-state index in [1.54, 1.807) is 0 Å². The molecule has 0 unspecified atom stereocenters. The van der Waals surface area contributed by atoms with Crippen LogP contribution in [0.1, 0.15) is 56.4 Å². The number of aromatic amines is 1. The van der Waals surface area contributed by atoms with Crippen molar-refractivity contribution in [2.24, 2.45) is 0 Å². The molecule has 4 nitrogen and oxygen atoms in total. The number of aliphatic hydroxyl groups excluding tert-OH is 1. The molecule has 0 bridgehead atoms. The molecule has 0 spiro atoms. The van der Waals surface area contributed by atoms with Crippen molar-refractivity contribution in [1.29, 1.82) is 0 Å². The Bertz CT molecular complexity index is 1030. The van der Waals surface area contributed by atoms with Gasteiger partial charge in [0.05, 0.1) is 0 Å². The molecule has 0 aliphatic carbocycles. The van der Waals surface area contributed by atoms with Gasteiger partial charge in [0.15, 0.2) is 0 Å². The molecule has 0 saturated carbocycles. The van der Waals surface area contributed by atoms with Gasteiger partial charge in [0.1, 0.15) is 0 Å². The number of nitrogens with zero attached hydrogens (tertiary/aromatic N) is 1. The summed E-state index contributed by atoms with van der Waals surface area (Å²) in [6.07, 6.45) is 1.66. The highest BCUT2D eigenvalue weighted by atomic mass is 16.3. The zero-order valence-electron chi connectivity index (χ0n) is 18.7. The van der Waals surface area contributed by atoms with Gasteiger partial charge < -0.3 is 10.1 Å². The highest BCUT2D eigenvalue weighted by Crippen LogP contribution is 2.23. The lowest BCUT2D eigenvalue weighted by Gasteiger charge is -2.23. The Morgan fingerprint density at radius 1 is 0.967 bits per heavy atom. The first-order chi connectivity index (χ1) is 14.3. The van der Waals surface area contributed by atoms with Crippen molar-refractivity contribution in [1.82, 2.24) is 9.88 Å². The van der Waals surface area contributed by atoms with Crippen molar-refractivity contribution in [3.8, 4) is 0 Å². The third-order valence-corrected chi connectivity index (χ3v) is 5.65. The van der Waals surface area contributed by atoms with E-state index in [0.717, 1.165) is 36.0 Å². The van der Waals surface area contributed by atoms with Crippen LogP contribution in [0.25, 0.3) is 10.9 Å². The zero-order chi connectivity index (χ0) is 21.7. The average Bonchev–Trinajstić information content (AvgIpc) is 2.72. The molecular weight excluding hydrogens is 372 g/mol. The number of rotatable bonds is 8. The second-order valence-electron chi connectivity index (χ2n) is 9.13. The first-order valence-electron chi connectivity index (χ1n) is 10.9. The van der Waals surface area contributed by atoms with Crippen molar-refractivity contribution in [3.05, 3.63) is 81.1 Å². The fourth-order valence-corrected chi connectivity index (χ4v) is 3.76. The van der Waals surface area contributed by atoms with Crippen LogP contribution in [0.4, 0.5) is 0 Å². The van der Waals surface area contributed by atoms with Crippen LogP contribution in [-0.2, 0) is 24.9 Å². The number of aliphatic hydroxyl groups is 1. The predicted octanol–water partition coefficient (Wildman–Crippen LogP) is 4.77. The standard InChI is InChI=1S/C26H34N2O2/c1-5-19-9-12-24-21(15-19)16-22(25(30)27-24)18-28(13-6-14-29)17-20-7-10-23(11-8-20)26(2,3)4/h7-12,15-16,29H,5-6,13-14,17-18H2,1-4H3,(H,27,30). The van der Waals surface area contributed by atoms with Crippen molar-refractivity contribution < 1.29 is 5.11 Å². The minimum Gasteiger partial charge on any atom is -0.396 e. The minimum absolute atomic E-state index is 0.0381. The molecular formula is C26H34N2O2. The number of pyridine rings is 1. The molecule has 0 fully saturated rings. The van der Waals surface area contributed by atoms with E-state index in [1.807, 2.05) is 12.1 Å². The van der Waals surface area contributed by atoms with Gasteiger partial charge >= 0.3 is 0 Å². The van der Waals surface area contributed by atoms with Crippen molar-refractivity contribution in [2.45, 2.75) is 59.0 Å². The molecule has 30 heavy (non-hydrogen) atoms. The smallest absolute Gasteiger partial charge is 0.252 e. The lowest BCUT2D eigenvalue weighted by Crippen LogP contribution is -2.28. The molecule has 0 aliphatic heterocycles. The number of hydrogen-bond donors (Lipinski definition) is 2. The third-order valence-electron chi connectivity index (χ3n) is 5.65. The highest BCUT2D eigenvalue weighted by molar-refractivity contribution is 5.79. The Balaban J connectivity index is 1.83. The number of benzene rings is 2. The number of nitrogens with one attached hydrogen (secondary N) is 1. The third kappa shape index (κ3) is 5.59. The molecule has 3 aromatic rings. The number of aryl methyl sites for hydroxylation is 1. The molecule has 0 radical (unpaired) electrons. The van der Waals surface area contributed by atoms with Crippen LogP contribution in [0.15, 0.2) is 53.3 Å². The summed E-state index contributed by atoms with van der Waals surface area (Å²) in [5.74, 6) is 0. The van der Waals surface area contributed by atoms with Gasteiger partial charge in [-0.2, -0.15) is 0 Å². The van der Waals surface area contributed by atoms with Gasteiger partial charge in [0.25, 0.3) is 5.56 Å². The van der Waals surface area contributed by atoms with Crippen LogP contribution in [-0.4, -0.2) is 28.1 Å². The lowest BCUT2D eigenvalue weighted by molar-refractivity contribution is 0.212. The topological polar surface area (TPSA) is 56.3 Å². The van der Waals surface area contributed by atoms with Crippen LogP contribution < -0.4 is 5.56 Å². The SMILES string of the molecule is CCc1ccc2[nH]c(=O)c(CN(CCCO)Cc3ccc(C(C)(C)C)cc3)cc2c1. The van der Waals surface area contributed by atoms with E-state index in [9.17, 15) is 9.90 Å². The summed E-state index contributed by atoms with van der Waals surface area (Å²) in [5.41, 5.74) is 5.52. The largest absolute Gasteiger partial charge is 0.396 e. The van der Waals surface area contributed by atoms with Gasteiger partial charge in [0.2, 0.25) is 0 Å². The summed E-state index contributed by atoms with van der Waals surface area (Å²) in [6.45, 7) is 11.0. The average molecular weight is 407 g/mol. The summed E-state index contributed by atoms with van der Waals surface area (Å²) >= 11 is 0. The molecule has 1 aromatic heterocycles. The molecule has 0 aliphatic rings. The summed E-state index contributed by atoms with van der Waals surface area (Å²) in [6, 6.07) is 16.9. The number of hydrogen-bond acceptors (Lipinski definition) is 3. The molecule has 4 heteroatoms. The molecule has 2 aromatic carbocycles. The van der Waals surface area contributed by atoms with Crippen LogP contribution in [0.5, 0.6) is 0 Å². The summed E-state index contributed by atoms with van der Waals surface area (Å²) < 4.78 is 0. The van der Waals surface area contributed by atoms with Crippen LogP contribution in [0.2, 0.25) is 0 Å². The van der Waals surface area contributed by atoms with Crippen molar-refractivity contribution >= 4 is 10.9 Å². The molecule has 2 N–H and O–H groups in total. The maximum Gasteiger partial charge on any atom is 0.252 e. The number of H-pyrrole nitrogens is 1. The second kappa shape index (κ2) is 9.59. The monoisotopic (exact) mass is 406 g/mol. The van der Waals surface area contributed by atoms with Gasteiger partial charge in [0, 0.05) is 37.3 Å². The van der Waals surface area contributed by atoms with Gasteiger partial charge in [-0.3, -0.25) is 9.69 Å². The Morgan fingerprint density at radius 2 is 1.67 bits per heavy atom. The first-order valence-corrected chi connectivity index (χ1v) is 10.9. The summed E-state index contributed by atoms with van der Waals surface area (Å²) in [7, 11) is 0. The van der Waals surface area contributed by atoms with Crippen LogP contribution in [0.3, 0.4) is 0 Å². The van der Waals surface area contributed by atoms with Gasteiger partial charge in [-0.15, -0.1) is 0 Å². The second-order valence-corrected chi connectivity index (χ2v) is 9.13. The maximum atomic E-state index is 12.7. The fraction of sp³-hybridized carbons (Fsp3) is 0.423. The predicted molar refractivity (Wildman–Crippen MR) is 125 cm³/mol. The van der Waals surface area contributed by atoms with E-state index in [4.69, 9.17) is 0 Å². The van der Waals surface area contributed by atoms with E-state index in [2.05, 4.69) is 74.0 Å². The molecule has 3 rings (SSSR count). The van der Waals surface area contributed by atoms with E-state index < -0.39 is 0 Å². The number of fused-ring (bicyclic) bond motifs is 1. The normalized spacial score (nSPS) is 12.1. The van der Waals surface area contributed by atoms with Crippen LogP contribution >= 0.6 is 0 Å². The fourth-order valence-electron chi connectivity index (χ4n) is 3.76. The summed E-state index contributed by atoms with van der Waals surface area (Å²) in [4.78, 5) is 17.9. The zero-order valence-corrected chi connectivity index (χ0v) is 18.7. The number of aromatic nitrogens is 1. The molecule has 1 heterocycles. The van der Waals surface area contributed by atoms with Crippen LogP contribution in [0, 0.1) is 0 Å². The van der Waals surface area contributed by atoms with Crippen molar-refractivity contribution in [2.75, 3.05) is 13.2 Å². The minimum atomic E-state index is -0.0381. The Labute approximate surface area is 179 Å². The van der Waals surface area contributed by atoms with E-state index >= 15 is 0 Å². The van der Waals surface area contributed by atoms with Crippen molar-refractivity contribution in [3.63, 3.8) is 0 Å². The molecule has 0 amide bonds. The Morgan fingerprint density at radius 3 is 2.30 bits per heavy atom. The Hall–Kier alpha value is -2.43. The highest BCUT2D eigenvalue weighted by Gasteiger charge is 2.14. The molecule has 0 saturated heterocycles. The van der Waals surface area contributed by atoms with E-state index in [1.165, 1.54) is 16.7 Å². The Kier molecular flexibility index (Phi) is 7.11. The van der Waals surface area contributed by atoms with Gasteiger partial charge in [-0.25, -0.2) is 0 Å². The summed E-state index contributed by atoms with van der Waals surface area (Å²) in [5, 5.41) is 10.4. The lowest BCUT2D eigenvalue weighted by atomic mass is 9.87.